The third-order valence-electron chi connectivity index (χ3n) is 4.21. The van der Waals surface area contributed by atoms with Crippen molar-refractivity contribution in [1.82, 2.24) is 0 Å². The molecular formula is C24H25NO2. The molecule has 0 aliphatic heterocycles. The van der Waals surface area contributed by atoms with E-state index in [2.05, 4.69) is 31.0 Å². The summed E-state index contributed by atoms with van der Waals surface area (Å²) < 4.78 is 11.7. The van der Waals surface area contributed by atoms with E-state index in [0.29, 0.717) is 13.2 Å². The molecular weight excluding hydrogens is 334 g/mol. The Labute approximate surface area is 161 Å². The van der Waals surface area contributed by atoms with Crippen LogP contribution < -0.4 is 9.47 Å². The molecule has 0 N–H and O–H groups in total. The maximum atomic E-state index is 5.96. The van der Waals surface area contributed by atoms with Crippen LogP contribution in [0.2, 0.25) is 0 Å². The maximum Gasteiger partial charge on any atom is 0.161 e. The highest BCUT2D eigenvalue weighted by molar-refractivity contribution is 5.83. The number of ether oxygens (including phenoxy) is 2. The molecule has 138 valence electrons. The molecule has 0 aliphatic carbocycles. The Morgan fingerprint density at radius 3 is 2.41 bits per heavy atom. The van der Waals surface area contributed by atoms with E-state index in [9.17, 15) is 0 Å². The van der Waals surface area contributed by atoms with Crippen molar-refractivity contribution in [3.63, 3.8) is 0 Å². The van der Waals surface area contributed by atoms with Gasteiger partial charge in [0, 0.05) is 6.21 Å². The van der Waals surface area contributed by atoms with E-state index in [1.165, 1.54) is 11.1 Å². The fourth-order valence-corrected chi connectivity index (χ4v) is 2.82. The van der Waals surface area contributed by atoms with E-state index in [0.717, 1.165) is 28.3 Å². The summed E-state index contributed by atoms with van der Waals surface area (Å²) in [6, 6.07) is 22.3. The fraction of sp³-hybridized carbons (Fsp3) is 0.208. The van der Waals surface area contributed by atoms with Crippen LogP contribution in [0.25, 0.3) is 0 Å². The monoisotopic (exact) mass is 359 g/mol. The van der Waals surface area contributed by atoms with E-state index in [1.54, 1.807) is 0 Å². The molecule has 0 amide bonds. The van der Waals surface area contributed by atoms with Crippen molar-refractivity contribution in [2.45, 2.75) is 27.4 Å². The van der Waals surface area contributed by atoms with Gasteiger partial charge >= 0.3 is 0 Å². The summed E-state index contributed by atoms with van der Waals surface area (Å²) in [6.07, 6.45) is 1.86. The molecule has 0 unspecified atom stereocenters. The molecule has 0 aliphatic rings. The zero-order chi connectivity index (χ0) is 19.1. The Hall–Kier alpha value is -3.07. The SMILES string of the molecule is CCOc1cc(C=Nc2ccc(C)cc2C)ccc1OCc1ccccc1. The van der Waals surface area contributed by atoms with Gasteiger partial charge < -0.3 is 9.47 Å². The van der Waals surface area contributed by atoms with E-state index in [1.807, 2.05) is 67.7 Å². The van der Waals surface area contributed by atoms with Crippen LogP contribution in [0.4, 0.5) is 5.69 Å². The number of hydrogen-bond donors (Lipinski definition) is 0. The minimum atomic E-state index is 0.511. The number of benzene rings is 3. The standard InChI is InChI=1S/C24H25NO2/c1-4-26-24-15-21(16-25-22-12-10-18(2)14-19(22)3)11-13-23(24)27-17-20-8-6-5-7-9-20/h5-16H,4,17H2,1-3H3. The lowest BCUT2D eigenvalue weighted by Gasteiger charge is -2.12. The van der Waals surface area contributed by atoms with E-state index in [4.69, 9.17) is 9.47 Å². The van der Waals surface area contributed by atoms with Gasteiger partial charge in [0.25, 0.3) is 0 Å². The summed E-state index contributed by atoms with van der Waals surface area (Å²) in [5.74, 6) is 1.47. The first-order chi connectivity index (χ1) is 13.2. The van der Waals surface area contributed by atoms with Crippen molar-refractivity contribution in [3.8, 4) is 11.5 Å². The van der Waals surface area contributed by atoms with Crippen molar-refractivity contribution < 1.29 is 9.47 Å². The molecule has 0 aromatic heterocycles. The van der Waals surface area contributed by atoms with Gasteiger partial charge in [0.15, 0.2) is 11.5 Å². The first kappa shape index (κ1) is 18.7. The molecule has 0 saturated heterocycles. The summed E-state index contributed by atoms with van der Waals surface area (Å²) in [7, 11) is 0. The quantitative estimate of drug-likeness (QED) is 0.482. The van der Waals surface area contributed by atoms with Gasteiger partial charge in [-0.2, -0.15) is 0 Å². The predicted molar refractivity (Wildman–Crippen MR) is 112 cm³/mol. The molecule has 0 bridgehead atoms. The van der Waals surface area contributed by atoms with Gasteiger partial charge in [0.1, 0.15) is 6.61 Å². The molecule has 3 heteroatoms. The van der Waals surface area contributed by atoms with Crippen LogP contribution >= 0.6 is 0 Å². The van der Waals surface area contributed by atoms with Crippen molar-refractivity contribution in [2.75, 3.05) is 6.61 Å². The number of aryl methyl sites for hydroxylation is 2. The number of nitrogens with zero attached hydrogens (tertiary/aromatic N) is 1. The largest absolute Gasteiger partial charge is 0.490 e. The topological polar surface area (TPSA) is 30.8 Å². The molecule has 0 spiro atoms. The zero-order valence-electron chi connectivity index (χ0n) is 16.1. The van der Waals surface area contributed by atoms with Crippen molar-refractivity contribution in [2.24, 2.45) is 4.99 Å². The summed E-state index contributed by atoms with van der Waals surface area (Å²) in [6.45, 7) is 7.22. The minimum Gasteiger partial charge on any atom is -0.490 e. The Morgan fingerprint density at radius 1 is 0.852 bits per heavy atom. The van der Waals surface area contributed by atoms with Crippen LogP contribution in [0.15, 0.2) is 71.7 Å². The summed E-state index contributed by atoms with van der Waals surface area (Å²) in [5.41, 5.74) is 5.48. The molecule has 0 atom stereocenters. The van der Waals surface area contributed by atoms with Gasteiger partial charge in [-0.1, -0.05) is 48.0 Å². The average Bonchev–Trinajstić information content (AvgIpc) is 2.68. The molecule has 0 saturated carbocycles. The molecule has 3 rings (SSSR count). The average molecular weight is 359 g/mol. The summed E-state index contributed by atoms with van der Waals surface area (Å²) in [5, 5.41) is 0. The second-order valence-corrected chi connectivity index (χ2v) is 6.46. The lowest BCUT2D eigenvalue weighted by molar-refractivity contribution is 0.269. The number of aliphatic imine (C=N–C) groups is 1. The molecule has 0 heterocycles. The van der Waals surface area contributed by atoms with Crippen molar-refractivity contribution in [1.29, 1.82) is 0 Å². The van der Waals surface area contributed by atoms with Crippen LogP contribution in [0.1, 0.15) is 29.2 Å². The van der Waals surface area contributed by atoms with E-state index >= 15 is 0 Å². The highest BCUT2D eigenvalue weighted by atomic mass is 16.5. The number of hydrogen-bond acceptors (Lipinski definition) is 3. The summed E-state index contributed by atoms with van der Waals surface area (Å²) in [4.78, 5) is 4.62. The Balaban J connectivity index is 1.77. The Morgan fingerprint density at radius 2 is 1.67 bits per heavy atom. The Kier molecular flexibility index (Phi) is 6.26. The third kappa shape index (κ3) is 5.20. The first-order valence-electron chi connectivity index (χ1n) is 9.20. The van der Waals surface area contributed by atoms with Gasteiger partial charge in [0.2, 0.25) is 0 Å². The normalized spacial score (nSPS) is 10.9. The molecule has 3 nitrogen and oxygen atoms in total. The first-order valence-corrected chi connectivity index (χ1v) is 9.20. The van der Waals surface area contributed by atoms with Crippen molar-refractivity contribution >= 4 is 11.9 Å². The lowest BCUT2D eigenvalue weighted by Crippen LogP contribution is -2.00. The minimum absolute atomic E-state index is 0.511. The molecule has 0 fully saturated rings. The van der Waals surface area contributed by atoms with Gasteiger partial charge in [-0.15, -0.1) is 0 Å². The molecule has 3 aromatic carbocycles. The van der Waals surface area contributed by atoms with Gasteiger partial charge in [-0.3, -0.25) is 4.99 Å². The van der Waals surface area contributed by atoms with Crippen LogP contribution in [-0.2, 0) is 6.61 Å². The van der Waals surface area contributed by atoms with Crippen LogP contribution in [0, 0.1) is 13.8 Å². The molecule has 27 heavy (non-hydrogen) atoms. The van der Waals surface area contributed by atoms with Gasteiger partial charge in [-0.05, 0) is 61.7 Å². The van der Waals surface area contributed by atoms with Crippen LogP contribution in [0.5, 0.6) is 11.5 Å². The predicted octanol–water partition coefficient (Wildman–Crippen LogP) is 6.03. The molecule has 0 radical (unpaired) electrons. The van der Waals surface area contributed by atoms with E-state index in [-0.39, 0.29) is 0 Å². The second-order valence-electron chi connectivity index (χ2n) is 6.46. The smallest absolute Gasteiger partial charge is 0.161 e. The van der Waals surface area contributed by atoms with Gasteiger partial charge in [-0.25, -0.2) is 0 Å². The van der Waals surface area contributed by atoms with E-state index < -0.39 is 0 Å². The maximum absolute atomic E-state index is 5.96. The van der Waals surface area contributed by atoms with Crippen LogP contribution in [-0.4, -0.2) is 12.8 Å². The zero-order valence-corrected chi connectivity index (χ0v) is 16.1. The highest BCUT2D eigenvalue weighted by Crippen LogP contribution is 2.29. The van der Waals surface area contributed by atoms with Gasteiger partial charge in [0.05, 0.1) is 12.3 Å². The summed E-state index contributed by atoms with van der Waals surface area (Å²) >= 11 is 0. The molecule has 3 aromatic rings. The lowest BCUT2D eigenvalue weighted by atomic mass is 10.1. The van der Waals surface area contributed by atoms with Crippen LogP contribution in [0.3, 0.4) is 0 Å². The number of rotatable bonds is 7. The van der Waals surface area contributed by atoms with Crippen molar-refractivity contribution in [3.05, 3.63) is 89.0 Å². The second kappa shape index (κ2) is 9.04. The highest BCUT2D eigenvalue weighted by Gasteiger charge is 2.06. The fourth-order valence-electron chi connectivity index (χ4n) is 2.82. The Bertz CT molecular complexity index is 917. The third-order valence-corrected chi connectivity index (χ3v) is 4.21.